The smallest absolute Gasteiger partial charge is 0.122 e. The largest absolute Gasteiger partial charge is 0.382 e. The van der Waals surface area contributed by atoms with Crippen LogP contribution in [0.15, 0.2) is 23.9 Å². The van der Waals surface area contributed by atoms with Gasteiger partial charge >= 0.3 is 0 Å². The van der Waals surface area contributed by atoms with Crippen LogP contribution in [0.3, 0.4) is 0 Å². The van der Waals surface area contributed by atoms with Crippen molar-refractivity contribution in [2.45, 2.75) is 78.3 Å². The molecule has 0 aromatic carbocycles. The number of piperidine rings is 1. The van der Waals surface area contributed by atoms with Crippen LogP contribution in [0.5, 0.6) is 0 Å². The Bertz CT molecular complexity index is 461. The predicted octanol–water partition coefficient (Wildman–Crippen LogP) is 4.47. The van der Waals surface area contributed by atoms with Crippen molar-refractivity contribution < 1.29 is 0 Å². The standard InChI is InChI=1S/C19H33N3/c1-6-16(21-17-10-11-19(4,5)15(17)3)13-18(20)22-12-8-7-9-14(22)2/h13-14,17,20-21H,3,6-12H2,1-2,4-5H3/b16-13-,20-18?. The maximum absolute atomic E-state index is 8.44. The molecule has 2 rings (SSSR count). The van der Waals surface area contributed by atoms with Gasteiger partial charge in [-0.3, -0.25) is 5.41 Å². The Labute approximate surface area is 136 Å². The first-order chi connectivity index (χ1) is 10.3. The molecule has 0 bridgehead atoms. The second-order valence-corrected chi connectivity index (χ2v) is 7.59. The molecule has 1 saturated heterocycles. The van der Waals surface area contributed by atoms with Gasteiger partial charge < -0.3 is 10.2 Å². The molecule has 22 heavy (non-hydrogen) atoms. The van der Waals surface area contributed by atoms with Gasteiger partial charge in [0.25, 0.3) is 0 Å². The lowest BCUT2D eigenvalue weighted by molar-refractivity contribution is 0.258. The van der Waals surface area contributed by atoms with Gasteiger partial charge in [-0.15, -0.1) is 0 Å². The topological polar surface area (TPSA) is 39.1 Å². The van der Waals surface area contributed by atoms with Crippen LogP contribution in [0, 0.1) is 10.8 Å². The Morgan fingerprint density at radius 2 is 2.14 bits per heavy atom. The fourth-order valence-corrected chi connectivity index (χ4v) is 3.64. The summed E-state index contributed by atoms with van der Waals surface area (Å²) in [5.74, 6) is 0.666. The minimum absolute atomic E-state index is 0.241. The minimum Gasteiger partial charge on any atom is -0.382 e. The van der Waals surface area contributed by atoms with Crippen LogP contribution in [-0.2, 0) is 0 Å². The van der Waals surface area contributed by atoms with E-state index in [1.54, 1.807) is 0 Å². The summed E-state index contributed by atoms with van der Waals surface area (Å²) in [5, 5.41) is 12.1. The van der Waals surface area contributed by atoms with Gasteiger partial charge in [-0.25, -0.2) is 0 Å². The van der Waals surface area contributed by atoms with Gasteiger partial charge in [0.2, 0.25) is 0 Å². The number of hydrogen-bond acceptors (Lipinski definition) is 2. The number of likely N-dealkylation sites (tertiary alicyclic amines) is 1. The summed E-state index contributed by atoms with van der Waals surface area (Å²) in [6.45, 7) is 14.3. The van der Waals surface area contributed by atoms with Crippen molar-refractivity contribution in [3.63, 3.8) is 0 Å². The second kappa shape index (κ2) is 6.89. The molecule has 3 nitrogen and oxygen atoms in total. The summed E-state index contributed by atoms with van der Waals surface area (Å²) >= 11 is 0. The quantitative estimate of drug-likeness (QED) is 0.457. The molecule has 2 atom stereocenters. The van der Waals surface area contributed by atoms with Crippen LogP contribution in [-0.4, -0.2) is 29.4 Å². The number of nitrogens with one attached hydrogen (secondary N) is 2. The third-order valence-electron chi connectivity index (χ3n) is 5.51. The Morgan fingerprint density at radius 1 is 1.41 bits per heavy atom. The monoisotopic (exact) mass is 303 g/mol. The molecule has 124 valence electrons. The van der Waals surface area contributed by atoms with Gasteiger partial charge in [0.1, 0.15) is 5.84 Å². The predicted molar refractivity (Wildman–Crippen MR) is 95.2 cm³/mol. The van der Waals surface area contributed by atoms with Crippen LogP contribution < -0.4 is 5.32 Å². The van der Waals surface area contributed by atoms with E-state index < -0.39 is 0 Å². The molecule has 0 spiro atoms. The van der Waals surface area contributed by atoms with Gasteiger partial charge in [0.05, 0.1) is 0 Å². The van der Waals surface area contributed by atoms with E-state index in [0.29, 0.717) is 17.9 Å². The zero-order chi connectivity index (χ0) is 16.3. The van der Waals surface area contributed by atoms with E-state index >= 15 is 0 Å². The highest BCUT2D eigenvalue weighted by atomic mass is 15.2. The molecule has 0 aromatic heterocycles. The zero-order valence-electron chi connectivity index (χ0n) is 14.8. The summed E-state index contributed by atoms with van der Waals surface area (Å²) in [4.78, 5) is 2.24. The first kappa shape index (κ1) is 17.1. The van der Waals surface area contributed by atoms with E-state index in [1.165, 1.54) is 37.0 Å². The summed E-state index contributed by atoms with van der Waals surface area (Å²) in [6.07, 6.45) is 9.04. The highest BCUT2D eigenvalue weighted by molar-refractivity contribution is 5.91. The van der Waals surface area contributed by atoms with Crippen LogP contribution >= 0.6 is 0 Å². The fraction of sp³-hybridized carbons (Fsp3) is 0.737. The van der Waals surface area contributed by atoms with Gasteiger partial charge in [-0.05, 0) is 62.5 Å². The lowest BCUT2D eigenvalue weighted by atomic mass is 9.87. The van der Waals surface area contributed by atoms with Crippen molar-refractivity contribution in [3.05, 3.63) is 23.9 Å². The third kappa shape index (κ3) is 3.74. The number of hydrogen-bond donors (Lipinski definition) is 2. The highest BCUT2D eigenvalue weighted by Gasteiger charge is 2.35. The molecule has 1 saturated carbocycles. The lowest BCUT2D eigenvalue weighted by Crippen LogP contribution is -2.41. The fourth-order valence-electron chi connectivity index (χ4n) is 3.64. The van der Waals surface area contributed by atoms with E-state index in [-0.39, 0.29) is 5.41 Å². The molecule has 1 aliphatic heterocycles. The first-order valence-electron chi connectivity index (χ1n) is 8.86. The molecule has 2 unspecified atom stereocenters. The van der Waals surface area contributed by atoms with Crippen molar-refractivity contribution in [2.24, 2.45) is 5.41 Å². The number of nitrogens with zero attached hydrogens (tertiary/aromatic N) is 1. The molecule has 2 aliphatic rings. The number of allylic oxidation sites excluding steroid dienone is 1. The molecular weight excluding hydrogens is 270 g/mol. The highest BCUT2D eigenvalue weighted by Crippen LogP contribution is 2.41. The van der Waals surface area contributed by atoms with Crippen molar-refractivity contribution in [3.8, 4) is 0 Å². The minimum atomic E-state index is 0.241. The van der Waals surface area contributed by atoms with Gasteiger partial charge in [0.15, 0.2) is 0 Å². The van der Waals surface area contributed by atoms with Crippen LogP contribution in [0.4, 0.5) is 0 Å². The molecule has 1 heterocycles. The van der Waals surface area contributed by atoms with Gasteiger partial charge in [-0.1, -0.05) is 27.4 Å². The first-order valence-corrected chi connectivity index (χ1v) is 8.86. The SMILES string of the molecule is C=C1C(N/C(=C\C(=N)N2CCCCC2C)CC)CCC1(C)C. The van der Waals surface area contributed by atoms with Crippen molar-refractivity contribution in [1.29, 1.82) is 5.41 Å². The molecule has 3 heteroatoms. The van der Waals surface area contributed by atoms with Crippen molar-refractivity contribution >= 4 is 5.84 Å². The summed E-state index contributed by atoms with van der Waals surface area (Å²) in [6, 6.07) is 0.865. The molecule has 0 radical (unpaired) electrons. The number of amidine groups is 1. The molecular formula is C19H33N3. The molecule has 0 aromatic rings. The Balaban J connectivity index is 2.01. The average molecular weight is 303 g/mol. The Kier molecular flexibility index (Phi) is 5.36. The molecule has 0 amide bonds. The number of rotatable bonds is 4. The Hall–Kier alpha value is -1.25. The summed E-state index contributed by atoms with van der Waals surface area (Å²) < 4.78 is 0. The van der Waals surface area contributed by atoms with E-state index in [2.05, 4.69) is 44.5 Å². The van der Waals surface area contributed by atoms with Crippen LogP contribution in [0.1, 0.15) is 66.2 Å². The Morgan fingerprint density at radius 3 is 2.68 bits per heavy atom. The summed E-state index contributed by atoms with van der Waals surface area (Å²) in [5.41, 5.74) is 2.72. The average Bonchev–Trinajstić information content (AvgIpc) is 2.73. The maximum Gasteiger partial charge on any atom is 0.122 e. The second-order valence-electron chi connectivity index (χ2n) is 7.59. The van der Waals surface area contributed by atoms with Crippen LogP contribution in [0.2, 0.25) is 0 Å². The van der Waals surface area contributed by atoms with E-state index in [1.807, 2.05) is 6.08 Å². The van der Waals surface area contributed by atoms with Crippen LogP contribution in [0.25, 0.3) is 0 Å². The summed E-state index contributed by atoms with van der Waals surface area (Å²) in [7, 11) is 0. The van der Waals surface area contributed by atoms with Crippen molar-refractivity contribution in [2.75, 3.05) is 6.54 Å². The van der Waals surface area contributed by atoms with E-state index in [9.17, 15) is 0 Å². The van der Waals surface area contributed by atoms with E-state index in [0.717, 1.165) is 19.4 Å². The van der Waals surface area contributed by atoms with Crippen molar-refractivity contribution in [1.82, 2.24) is 10.2 Å². The molecule has 1 aliphatic carbocycles. The normalized spacial score (nSPS) is 28.8. The van der Waals surface area contributed by atoms with E-state index in [4.69, 9.17) is 5.41 Å². The maximum atomic E-state index is 8.44. The zero-order valence-corrected chi connectivity index (χ0v) is 14.8. The lowest BCUT2D eigenvalue weighted by Gasteiger charge is -2.34. The van der Waals surface area contributed by atoms with Gasteiger partial charge in [-0.2, -0.15) is 0 Å². The van der Waals surface area contributed by atoms with Gasteiger partial charge in [0, 0.05) is 24.3 Å². The molecule has 2 fully saturated rings. The molecule has 2 N–H and O–H groups in total. The third-order valence-corrected chi connectivity index (χ3v) is 5.51.